The first kappa shape index (κ1) is 20.2. The molecule has 0 aliphatic carbocycles. The van der Waals surface area contributed by atoms with Crippen molar-refractivity contribution in [2.45, 2.75) is 0 Å². The Labute approximate surface area is 142 Å². The van der Waals surface area contributed by atoms with Crippen LogP contribution >= 0.6 is 0 Å². The molecule has 0 bridgehead atoms. The summed E-state index contributed by atoms with van der Waals surface area (Å²) in [4.78, 5) is 12.2. The number of methoxy groups -OCH3 is 3. The van der Waals surface area contributed by atoms with E-state index in [1.54, 1.807) is 18.2 Å². The van der Waals surface area contributed by atoms with Gasteiger partial charge in [0.05, 0.1) is 27.1 Å². The number of sulfonamides is 1. The van der Waals surface area contributed by atoms with Crippen LogP contribution in [0.15, 0.2) is 18.2 Å². The molecule has 136 valence electrons. The maximum atomic E-state index is 12.2. The number of rotatable bonds is 10. The van der Waals surface area contributed by atoms with Gasteiger partial charge in [0.1, 0.15) is 11.5 Å². The fraction of sp³-hybridized carbons (Fsp3) is 0.533. The number of benzene rings is 1. The lowest BCUT2D eigenvalue weighted by Gasteiger charge is -2.19. The molecule has 1 aromatic carbocycles. The number of hydrogen-bond acceptors (Lipinski definition) is 6. The second kappa shape index (κ2) is 9.45. The Morgan fingerprint density at radius 3 is 2.12 bits per heavy atom. The molecule has 1 rings (SSSR count). The van der Waals surface area contributed by atoms with Crippen molar-refractivity contribution in [1.29, 1.82) is 0 Å². The van der Waals surface area contributed by atoms with E-state index in [9.17, 15) is 13.2 Å². The lowest BCUT2D eigenvalue weighted by Crippen LogP contribution is -2.39. The molecule has 0 heterocycles. The van der Waals surface area contributed by atoms with E-state index in [2.05, 4.69) is 5.32 Å². The van der Waals surface area contributed by atoms with Crippen LogP contribution in [0.1, 0.15) is 10.4 Å². The third-order valence-corrected chi connectivity index (χ3v) is 4.58. The van der Waals surface area contributed by atoms with E-state index in [0.717, 1.165) is 6.26 Å². The van der Waals surface area contributed by atoms with E-state index in [1.807, 2.05) is 0 Å². The van der Waals surface area contributed by atoms with Crippen molar-refractivity contribution >= 4 is 15.9 Å². The summed E-state index contributed by atoms with van der Waals surface area (Å²) >= 11 is 0. The van der Waals surface area contributed by atoms with E-state index in [-0.39, 0.29) is 32.1 Å². The van der Waals surface area contributed by atoms with Crippen LogP contribution in [0.2, 0.25) is 0 Å². The van der Waals surface area contributed by atoms with Crippen LogP contribution in [-0.4, -0.2) is 72.5 Å². The molecule has 0 radical (unpaired) electrons. The summed E-state index contributed by atoms with van der Waals surface area (Å²) in [6.07, 6.45) is 1.12. The summed E-state index contributed by atoms with van der Waals surface area (Å²) in [7, 11) is 1.13. The topological polar surface area (TPSA) is 94.2 Å². The molecule has 0 unspecified atom stereocenters. The minimum absolute atomic E-state index is 0.162. The Kier molecular flexibility index (Phi) is 7.96. The Morgan fingerprint density at radius 1 is 1.08 bits per heavy atom. The normalized spacial score (nSPS) is 11.4. The highest BCUT2D eigenvalue weighted by molar-refractivity contribution is 7.88. The maximum absolute atomic E-state index is 12.2. The molecule has 8 nitrogen and oxygen atoms in total. The lowest BCUT2D eigenvalue weighted by atomic mass is 10.2. The maximum Gasteiger partial charge on any atom is 0.251 e. The lowest BCUT2D eigenvalue weighted by molar-refractivity contribution is 0.0950. The molecule has 9 heteroatoms. The summed E-state index contributed by atoms with van der Waals surface area (Å²) in [6, 6.07) is 4.82. The smallest absolute Gasteiger partial charge is 0.251 e. The third-order valence-electron chi connectivity index (χ3n) is 3.27. The van der Waals surface area contributed by atoms with Gasteiger partial charge >= 0.3 is 0 Å². The van der Waals surface area contributed by atoms with Crippen molar-refractivity contribution < 1.29 is 27.4 Å². The minimum Gasteiger partial charge on any atom is -0.497 e. The molecule has 0 aromatic heterocycles. The number of nitrogens with one attached hydrogen (secondary N) is 1. The van der Waals surface area contributed by atoms with Crippen molar-refractivity contribution in [3.8, 4) is 11.5 Å². The molecule has 1 amide bonds. The van der Waals surface area contributed by atoms with Gasteiger partial charge in [0, 0.05) is 38.4 Å². The molecule has 0 spiro atoms. The van der Waals surface area contributed by atoms with Crippen LogP contribution < -0.4 is 14.8 Å². The van der Waals surface area contributed by atoms with E-state index in [0.29, 0.717) is 17.1 Å². The second-order valence-electron chi connectivity index (χ2n) is 5.01. The summed E-state index contributed by atoms with van der Waals surface area (Å²) in [5, 5.41) is 2.68. The summed E-state index contributed by atoms with van der Waals surface area (Å²) in [5.74, 6) is 0.655. The first-order valence-corrected chi connectivity index (χ1v) is 9.12. The van der Waals surface area contributed by atoms with E-state index >= 15 is 0 Å². The number of hydrogen-bond donors (Lipinski definition) is 1. The number of carbonyl (C=O) groups is 1. The number of ether oxygens (including phenoxy) is 3. The number of amides is 1. The fourth-order valence-corrected chi connectivity index (χ4v) is 2.80. The van der Waals surface area contributed by atoms with Crippen molar-refractivity contribution in [2.24, 2.45) is 0 Å². The Balaban J connectivity index is 2.68. The third kappa shape index (κ3) is 6.34. The first-order chi connectivity index (χ1) is 11.3. The predicted octanol–water partition coefficient (Wildman–Crippen LogP) is 0.342. The Morgan fingerprint density at radius 2 is 1.67 bits per heavy atom. The van der Waals surface area contributed by atoms with Crippen molar-refractivity contribution in [3.05, 3.63) is 23.8 Å². The highest BCUT2D eigenvalue weighted by atomic mass is 32.2. The average molecular weight is 360 g/mol. The molecule has 0 saturated heterocycles. The standard InChI is InChI=1S/C15H24N2O6S/c1-21-8-7-17(24(4,19)20)6-5-16-15(18)12-9-13(22-2)11-14(10-12)23-3/h9-11H,5-8H2,1-4H3,(H,16,18). The van der Waals surface area contributed by atoms with Crippen molar-refractivity contribution in [3.63, 3.8) is 0 Å². The quantitative estimate of drug-likeness (QED) is 0.647. The van der Waals surface area contributed by atoms with Gasteiger partial charge in [-0.15, -0.1) is 0 Å². The SMILES string of the molecule is COCCN(CCNC(=O)c1cc(OC)cc(OC)c1)S(C)(=O)=O. The molecule has 0 saturated carbocycles. The monoisotopic (exact) mass is 360 g/mol. The summed E-state index contributed by atoms with van der Waals surface area (Å²) < 4.78 is 39.7. The zero-order chi connectivity index (χ0) is 18.2. The highest BCUT2D eigenvalue weighted by Crippen LogP contribution is 2.22. The van der Waals surface area contributed by atoms with Crippen LogP contribution in [0.25, 0.3) is 0 Å². The van der Waals surface area contributed by atoms with E-state index in [4.69, 9.17) is 14.2 Å². The zero-order valence-electron chi connectivity index (χ0n) is 14.4. The molecule has 0 aliphatic rings. The molecular weight excluding hydrogens is 336 g/mol. The van der Waals surface area contributed by atoms with E-state index in [1.165, 1.54) is 25.6 Å². The highest BCUT2D eigenvalue weighted by Gasteiger charge is 2.16. The van der Waals surface area contributed by atoms with Gasteiger partial charge in [-0.05, 0) is 12.1 Å². The average Bonchev–Trinajstić information content (AvgIpc) is 2.55. The molecule has 24 heavy (non-hydrogen) atoms. The molecule has 1 aromatic rings. The molecule has 0 fully saturated rings. The van der Waals surface area contributed by atoms with Gasteiger partial charge in [-0.1, -0.05) is 0 Å². The summed E-state index contributed by atoms with van der Waals surface area (Å²) in [6.45, 7) is 0.858. The molecular formula is C15H24N2O6S. The van der Waals surface area contributed by atoms with Gasteiger partial charge in [0.15, 0.2) is 0 Å². The second-order valence-corrected chi connectivity index (χ2v) is 6.99. The van der Waals surface area contributed by atoms with Crippen LogP contribution in [0.3, 0.4) is 0 Å². The van der Waals surface area contributed by atoms with Crippen LogP contribution in [0, 0.1) is 0 Å². The first-order valence-electron chi connectivity index (χ1n) is 7.27. The number of nitrogens with zero attached hydrogens (tertiary/aromatic N) is 1. The van der Waals surface area contributed by atoms with Gasteiger partial charge in [-0.2, -0.15) is 4.31 Å². The van der Waals surface area contributed by atoms with Gasteiger partial charge < -0.3 is 19.5 Å². The number of carbonyl (C=O) groups excluding carboxylic acids is 1. The van der Waals surface area contributed by atoms with Crippen LogP contribution in [0.5, 0.6) is 11.5 Å². The van der Waals surface area contributed by atoms with Gasteiger partial charge in [0.2, 0.25) is 10.0 Å². The Bertz CT molecular complexity index is 625. The zero-order valence-corrected chi connectivity index (χ0v) is 15.2. The summed E-state index contributed by atoms with van der Waals surface area (Å²) in [5.41, 5.74) is 0.369. The molecule has 0 aliphatic heterocycles. The van der Waals surface area contributed by atoms with Crippen LogP contribution in [0.4, 0.5) is 0 Å². The van der Waals surface area contributed by atoms with Gasteiger partial charge in [-0.25, -0.2) is 8.42 Å². The van der Waals surface area contributed by atoms with Crippen molar-refractivity contribution in [2.75, 3.05) is 53.8 Å². The fourth-order valence-electron chi connectivity index (χ4n) is 1.97. The largest absolute Gasteiger partial charge is 0.497 e. The molecule has 0 atom stereocenters. The predicted molar refractivity (Wildman–Crippen MR) is 90.2 cm³/mol. The Hall–Kier alpha value is -1.84. The van der Waals surface area contributed by atoms with Gasteiger partial charge in [-0.3, -0.25) is 4.79 Å². The minimum atomic E-state index is -3.36. The van der Waals surface area contributed by atoms with Crippen LogP contribution in [-0.2, 0) is 14.8 Å². The van der Waals surface area contributed by atoms with Crippen molar-refractivity contribution in [1.82, 2.24) is 9.62 Å². The van der Waals surface area contributed by atoms with Gasteiger partial charge in [0.25, 0.3) is 5.91 Å². The molecule has 1 N–H and O–H groups in total. The van der Waals surface area contributed by atoms with E-state index < -0.39 is 10.0 Å².